The van der Waals surface area contributed by atoms with Crippen molar-refractivity contribution in [3.8, 4) is 5.75 Å². The molecule has 1 N–H and O–H groups in total. The summed E-state index contributed by atoms with van der Waals surface area (Å²) in [5.41, 5.74) is 3.15. The molecule has 29 heavy (non-hydrogen) atoms. The Morgan fingerprint density at radius 2 is 1.79 bits per heavy atom. The van der Waals surface area contributed by atoms with Crippen LogP contribution in [-0.4, -0.2) is 12.5 Å². The maximum Gasteiger partial charge on any atom is 0.255 e. The topological polar surface area (TPSA) is 38.3 Å². The Hall–Kier alpha value is -2.14. The summed E-state index contributed by atoms with van der Waals surface area (Å²) in [6, 6.07) is 18.6. The molecule has 0 spiro atoms. The highest BCUT2D eigenvalue weighted by Crippen LogP contribution is 2.30. The van der Waals surface area contributed by atoms with Crippen LogP contribution >= 0.6 is 35.0 Å². The van der Waals surface area contributed by atoms with Crippen molar-refractivity contribution in [2.75, 3.05) is 11.9 Å². The number of ether oxygens (including phenoxy) is 1. The van der Waals surface area contributed by atoms with Crippen molar-refractivity contribution >= 4 is 46.6 Å². The second-order valence-corrected chi connectivity index (χ2v) is 8.31. The Labute approximate surface area is 185 Å². The summed E-state index contributed by atoms with van der Waals surface area (Å²) in [6.45, 7) is 4.43. The van der Waals surface area contributed by atoms with Crippen molar-refractivity contribution in [3.63, 3.8) is 0 Å². The van der Waals surface area contributed by atoms with Crippen molar-refractivity contribution in [1.82, 2.24) is 0 Å². The molecule has 0 heterocycles. The van der Waals surface area contributed by atoms with Crippen molar-refractivity contribution in [2.45, 2.75) is 24.5 Å². The molecule has 3 aromatic carbocycles. The maximum atomic E-state index is 12.7. The van der Waals surface area contributed by atoms with Crippen molar-refractivity contribution in [1.29, 1.82) is 0 Å². The van der Waals surface area contributed by atoms with E-state index in [-0.39, 0.29) is 5.91 Å². The number of anilines is 1. The summed E-state index contributed by atoms with van der Waals surface area (Å²) in [5.74, 6) is 1.27. The van der Waals surface area contributed by atoms with Crippen LogP contribution in [0.15, 0.2) is 65.6 Å². The SMILES string of the molecule is CCOc1ccc(C(=O)Nc2ccc(C)c(Cl)c2)cc1CSc1ccc(Cl)cc1. The van der Waals surface area contributed by atoms with E-state index in [2.05, 4.69) is 5.32 Å². The number of carbonyl (C=O) groups is 1. The van der Waals surface area contributed by atoms with E-state index < -0.39 is 0 Å². The highest BCUT2D eigenvalue weighted by molar-refractivity contribution is 7.98. The Balaban J connectivity index is 1.78. The van der Waals surface area contributed by atoms with Crippen LogP contribution in [0.2, 0.25) is 10.0 Å². The van der Waals surface area contributed by atoms with E-state index in [4.69, 9.17) is 27.9 Å². The van der Waals surface area contributed by atoms with Crippen molar-refractivity contribution < 1.29 is 9.53 Å². The average molecular weight is 446 g/mol. The molecule has 3 rings (SSSR count). The number of amides is 1. The summed E-state index contributed by atoms with van der Waals surface area (Å²) in [7, 11) is 0. The fraction of sp³-hybridized carbons (Fsp3) is 0.174. The van der Waals surface area contributed by atoms with Gasteiger partial charge in [-0.15, -0.1) is 11.8 Å². The summed E-state index contributed by atoms with van der Waals surface area (Å²) in [5, 5.41) is 4.23. The van der Waals surface area contributed by atoms with Gasteiger partial charge in [-0.1, -0.05) is 29.3 Å². The first kappa shape index (κ1) is 21.6. The molecular weight excluding hydrogens is 425 g/mol. The van der Waals surface area contributed by atoms with Gasteiger partial charge in [0.15, 0.2) is 0 Å². The zero-order chi connectivity index (χ0) is 20.8. The van der Waals surface area contributed by atoms with Crippen LogP contribution in [0.25, 0.3) is 0 Å². The smallest absolute Gasteiger partial charge is 0.255 e. The lowest BCUT2D eigenvalue weighted by molar-refractivity contribution is 0.102. The molecule has 0 aromatic heterocycles. The third-order valence-corrected chi connectivity index (χ3v) is 5.98. The molecule has 0 fully saturated rings. The minimum atomic E-state index is -0.189. The van der Waals surface area contributed by atoms with Gasteiger partial charge in [-0.25, -0.2) is 0 Å². The van der Waals surface area contributed by atoms with Gasteiger partial charge in [0.25, 0.3) is 5.91 Å². The van der Waals surface area contributed by atoms with Crippen LogP contribution in [0.1, 0.15) is 28.4 Å². The minimum absolute atomic E-state index is 0.189. The molecule has 3 aromatic rings. The fourth-order valence-corrected chi connectivity index (χ4v) is 3.88. The number of hydrogen-bond donors (Lipinski definition) is 1. The number of benzene rings is 3. The lowest BCUT2D eigenvalue weighted by Crippen LogP contribution is -2.12. The van der Waals surface area contributed by atoms with Gasteiger partial charge in [-0.3, -0.25) is 4.79 Å². The van der Waals surface area contributed by atoms with E-state index in [1.165, 1.54) is 0 Å². The summed E-state index contributed by atoms with van der Waals surface area (Å²) >= 11 is 13.8. The van der Waals surface area contributed by atoms with E-state index in [1.54, 1.807) is 23.9 Å². The first-order valence-corrected chi connectivity index (χ1v) is 10.9. The number of carbonyl (C=O) groups excluding carboxylic acids is 1. The first-order chi connectivity index (χ1) is 14.0. The second-order valence-electron chi connectivity index (χ2n) is 6.42. The van der Waals surface area contributed by atoms with Crippen LogP contribution in [-0.2, 0) is 5.75 Å². The van der Waals surface area contributed by atoms with Gasteiger partial charge in [-0.2, -0.15) is 0 Å². The number of nitrogens with one attached hydrogen (secondary N) is 1. The zero-order valence-corrected chi connectivity index (χ0v) is 18.5. The summed E-state index contributed by atoms with van der Waals surface area (Å²) < 4.78 is 5.74. The highest BCUT2D eigenvalue weighted by atomic mass is 35.5. The first-order valence-electron chi connectivity index (χ1n) is 9.18. The van der Waals surface area contributed by atoms with Gasteiger partial charge in [0.2, 0.25) is 0 Å². The molecular formula is C23H21Cl2NO2S. The van der Waals surface area contributed by atoms with E-state index in [0.717, 1.165) is 21.8 Å². The van der Waals surface area contributed by atoms with Gasteiger partial charge in [-0.05, 0) is 74.0 Å². The quantitative estimate of drug-likeness (QED) is 0.389. The van der Waals surface area contributed by atoms with Crippen LogP contribution < -0.4 is 10.1 Å². The van der Waals surface area contributed by atoms with E-state index in [0.29, 0.717) is 33.7 Å². The van der Waals surface area contributed by atoms with Crippen molar-refractivity contribution in [2.24, 2.45) is 0 Å². The Morgan fingerprint density at radius 1 is 1.03 bits per heavy atom. The fourth-order valence-electron chi connectivity index (χ4n) is 2.70. The summed E-state index contributed by atoms with van der Waals surface area (Å²) in [6.07, 6.45) is 0. The minimum Gasteiger partial charge on any atom is -0.494 e. The van der Waals surface area contributed by atoms with Gasteiger partial charge >= 0.3 is 0 Å². The molecule has 0 bridgehead atoms. The predicted octanol–water partition coefficient (Wildman–Crippen LogP) is 7.25. The molecule has 0 unspecified atom stereocenters. The molecule has 150 valence electrons. The average Bonchev–Trinajstić information content (AvgIpc) is 2.71. The number of thioether (sulfide) groups is 1. The van der Waals surface area contributed by atoms with Gasteiger partial charge in [0, 0.05) is 37.5 Å². The Kier molecular flexibility index (Phi) is 7.48. The molecule has 3 nitrogen and oxygen atoms in total. The number of rotatable bonds is 7. The van der Waals surface area contributed by atoms with Crippen LogP contribution in [0, 0.1) is 6.92 Å². The van der Waals surface area contributed by atoms with Gasteiger partial charge < -0.3 is 10.1 Å². The monoisotopic (exact) mass is 445 g/mol. The standard InChI is InChI=1S/C23H21Cl2NO2S/c1-3-28-22-11-5-16(23(27)26-19-8-4-15(2)21(25)13-19)12-17(22)14-29-20-9-6-18(24)7-10-20/h4-13H,3,14H2,1-2H3,(H,26,27). The molecule has 0 aliphatic rings. The molecule has 0 radical (unpaired) electrons. The third-order valence-electron chi connectivity index (χ3n) is 4.26. The number of aryl methyl sites for hydroxylation is 1. The Bertz CT molecular complexity index is 1010. The van der Waals surface area contributed by atoms with Crippen LogP contribution in [0.3, 0.4) is 0 Å². The number of halogens is 2. The molecule has 0 atom stereocenters. The van der Waals surface area contributed by atoms with Crippen LogP contribution in [0.4, 0.5) is 5.69 Å². The lowest BCUT2D eigenvalue weighted by Gasteiger charge is -2.13. The van der Waals surface area contributed by atoms with Gasteiger partial charge in [0.05, 0.1) is 6.61 Å². The molecule has 0 aliphatic heterocycles. The zero-order valence-electron chi connectivity index (χ0n) is 16.2. The summed E-state index contributed by atoms with van der Waals surface area (Å²) in [4.78, 5) is 13.8. The molecule has 0 saturated heterocycles. The molecule has 0 aliphatic carbocycles. The van der Waals surface area contributed by atoms with E-state index in [1.807, 2.05) is 62.4 Å². The van der Waals surface area contributed by atoms with E-state index >= 15 is 0 Å². The van der Waals surface area contributed by atoms with Crippen LogP contribution in [0.5, 0.6) is 5.75 Å². The lowest BCUT2D eigenvalue weighted by atomic mass is 10.1. The number of hydrogen-bond acceptors (Lipinski definition) is 3. The van der Waals surface area contributed by atoms with E-state index in [9.17, 15) is 4.79 Å². The normalized spacial score (nSPS) is 10.6. The largest absolute Gasteiger partial charge is 0.494 e. The second kappa shape index (κ2) is 10.1. The predicted molar refractivity (Wildman–Crippen MR) is 123 cm³/mol. The van der Waals surface area contributed by atoms with Crippen molar-refractivity contribution in [3.05, 3.63) is 87.4 Å². The van der Waals surface area contributed by atoms with Gasteiger partial charge in [0.1, 0.15) is 5.75 Å². The molecule has 0 saturated carbocycles. The highest BCUT2D eigenvalue weighted by Gasteiger charge is 2.12. The molecule has 1 amide bonds. The maximum absolute atomic E-state index is 12.7. The Morgan fingerprint density at radius 3 is 2.48 bits per heavy atom. The molecule has 6 heteroatoms. The third kappa shape index (κ3) is 5.92.